The second kappa shape index (κ2) is 6.76. The van der Waals surface area contributed by atoms with Gasteiger partial charge in [0.2, 0.25) is 0 Å². The van der Waals surface area contributed by atoms with Crippen molar-refractivity contribution in [1.82, 2.24) is 10.3 Å². The van der Waals surface area contributed by atoms with Crippen LogP contribution in [0.4, 0.5) is 5.82 Å². The molecule has 6 N–H and O–H groups in total. The van der Waals surface area contributed by atoms with E-state index < -0.39 is 0 Å². The summed E-state index contributed by atoms with van der Waals surface area (Å²) < 4.78 is 0. The molecule has 0 aliphatic carbocycles. The van der Waals surface area contributed by atoms with E-state index in [2.05, 4.69) is 15.7 Å². The molecule has 1 rings (SSSR count). The Morgan fingerprint density at radius 1 is 1.38 bits per heavy atom. The van der Waals surface area contributed by atoms with Crippen LogP contribution in [0.2, 0.25) is 0 Å². The van der Waals surface area contributed by atoms with Crippen molar-refractivity contribution >= 4 is 11.7 Å². The lowest BCUT2D eigenvalue weighted by Crippen LogP contribution is -2.25. The molecule has 0 spiro atoms. The zero-order valence-corrected chi connectivity index (χ0v) is 9.07. The van der Waals surface area contributed by atoms with Crippen molar-refractivity contribution in [3.63, 3.8) is 0 Å². The number of pyridine rings is 1. The Bertz CT molecular complexity index is 324. The highest BCUT2D eigenvalue weighted by Gasteiger charge is 2.04. The molecule has 88 valence electrons. The molecule has 0 saturated carbocycles. The van der Waals surface area contributed by atoms with E-state index in [0.717, 1.165) is 12.8 Å². The molecule has 0 fully saturated rings. The van der Waals surface area contributed by atoms with Crippen LogP contribution in [0.3, 0.4) is 0 Å². The summed E-state index contributed by atoms with van der Waals surface area (Å²) >= 11 is 0. The molecule has 16 heavy (non-hydrogen) atoms. The van der Waals surface area contributed by atoms with Crippen LogP contribution in [0.25, 0.3) is 0 Å². The second-order valence-electron chi connectivity index (χ2n) is 3.33. The normalized spacial score (nSPS) is 9.88. The van der Waals surface area contributed by atoms with Gasteiger partial charge < -0.3 is 16.5 Å². The Morgan fingerprint density at radius 3 is 2.75 bits per heavy atom. The van der Waals surface area contributed by atoms with Crippen molar-refractivity contribution < 1.29 is 4.79 Å². The summed E-state index contributed by atoms with van der Waals surface area (Å²) in [6.45, 7) is 1.28. The van der Waals surface area contributed by atoms with Crippen LogP contribution < -0.4 is 22.3 Å². The quantitative estimate of drug-likeness (QED) is 0.304. The van der Waals surface area contributed by atoms with Crippen LogP contribution in [0.5, 0.6) is 0 Å². The zero-order valence-electron chi connectivity index (χ0n) is 9.07. The van der Waals surface area contributed by atoms with Crippen LogP contribution in [0, 0.1) is 0 Å². The molecule has 0 aliphatic heterocycles. The number of anilines is 1. The van der Waals surface area contributed by atoms with Gasteiger partial charge in [-0.2, -0.15) is 0 Å². The Hall–Kier alpha value is -1.66. The molecule has 0 aromatic carbocycles. The van der Waals surface area contributed by atoms with E-state index in [4.69, 9.17) is 11.6 Å². The molecule has 1 amide bonds. The van der Waals surface area contributed by atoms with Gasteiger partial charge in [0.15, 0.2) is 0 Å². The topological polar surface area (TPSA) is 106 Å². The number of hydrogen-bond acceptors (Lipinski definition) is 5. The van der Waals surface area contributed by atoms with Crippen molar-refractivity contribution in [3.8, 4) is 0 Å². The average Bonchev–Trinajstić information content (AvgIpc) is 2.34. The number of amides is 1. The number of carbonyl (C=O) groups is 1. The van der Waals surface area contributed by atoms with E-state index >= 15 is 0 Å². The molecule has 1 heterocycles. The van der Waals surface area contributed by atoms with Gasteiger partial charge in [0, 0.05) is 12.7 Å². The largest absolute Gasteiger partial charge is 0.352 e. The first-order valence-electron chi connectivity index (χ1n) is 5.19. The summed E-state index contributed by atoms with van der Waals surface area (Å²) in [5, 5.41) is 2.79. The maximum atomic E-state index is 11.6. The number of aromatic nitrogens is 1. The van der Waals surface area contributed by atoms with E-state index in [1.165, 1.54) is 6.20 Å². The minimum atomic E-state index is -0.131. The van der Waals surface area contributed by atoms with E-state index in [1.807, 2.05) is 0 Å². The number of rotatable bonds is 6. The SMILES string of the molecule is NCCCCNC(=O)c1ccc(NN)nc1. The molecule has 6 nitrogen and oxygen atoms in total. The molecule has 6 heteroatoms. The molecule has 0 bridgehead atoms. The summed E-state index contributed by atoms with van der Waals surface area (Å²) in [6.07, 6.45) is 3.28. The Kier molecular flexibility index (Phi) is 5.24. The van der Waals surface area contributed by atoms with Crippen LogP contribution in [0.15, 0.2) is 18.3 Å². The van der Waals surface area contributed by atoms with E-state index in [0.29, 0.717) is 24.5 Å². The smallest absolute Gasteiger partial charge is 0.252 e. The predicted octanol–water partition coefficient (Wildman–Crippen LogP) is -0.164. The van der Waals surface area contributed by atoms with Crippen LogP contribution >= 0.6 is 0 Å². The fourth-order valence-electron chi connectivity index (χ4n) is 1.19. The number of nitrogens with two attached hydrogens (primary N) is 2. The maximum Gasteiger partial charge on any atom is 0.252 e. The van der Waals surface area contributed by atoms with Gasteiger partial charge in [0.25, 0.3) is 5.91 Å². The van der Waals surface area contributed by atoms with Gasteiger partial charge in [0.1, 0.15) is 5.82 Å². The monoisotopic (exact) mass is 223 g/mol. The lowest BCUT2D eigenvalue weighted by atomic mass is 10.2. The van der Waals surface area contributed by atoms with Gasteiger partial charge in [-0.05, 0) is 31.5 Å². The molecule has 0 unspecified atom stereocenters. The molecule has 0 aliphatic rings. The minimum absolute atomic E-state index is 0.131. The van der Waals surface area contributed by atoms with Gasteiger partial charge in [-0.1, -0.05) is 0 Å². The summed E-state index contributed by atoms with van der Waals surface area (Å²) in [5.41, 5.74) is 8.26. The number of unbranched alkanes of at least 4 members (excludes halogenated alkanes) is 1. The van der Waals surface area contributed by atoms with Crippen LogP contribution in [-0.2, 0) is 0 Å². The first kappa shape index (κ1) is 12.4. The fourth-order valence-corrected chi connectivity index (χ4v) is 1.19. The van der Waals surface area contributed by atoms with Gasteiger partial charge >= 0.3 is 0 Å². The molecular weight excluding hydrogens is 206 g/mol. The lowest BCUT2D eigenvalue weighted by molar-refractivity contribution is 0.0952. The van der Waals surface area contributed by atoms with E-state index in [1.54, 1.807) is 12.1 Å². The number of nitrogens with zero attached hydrogens (tertiary/aromatic N) is 1. The first-order chi connectivity index (χ1) is 7.77. The third kappa shape index (κ3) is 3.84. The molecule has 1 aromatic heterocycles. The number of hydrogen-bond donors (Lipinski definition) is 4. The molecule has 0 saturated heterocycles. The number of nitrogen functional groups attached to an aromatic ring is 1. The summed E-state index contributed by atoms with van der Waals surface area (Å²) in [6, 6.07) is 3.31. The molecule has 0 atom stereocenters. The summed E-state index contributed by atoms with van der Waals surface area (Å²) in [4.78, 5) is 15.5. The standard InChI is InChI=1S/C10H17N5O/c11-5-1-2-6-13-10(16)8-3-4-9(15-12)14-7-8/h3-4,7H,1-2,5-6,11-12H2,(H,13,16)(H,14,15). The molecule has 1 aromatic rings. The van der Waals surface area contributed by atoms with Gasteiger partial charge in [-0.3, -0.25) is 4.79 Å². The van der Waals surface area contributed by atoms with Crippen molar-refractivity contribution in [1.29, 1.82) is 0 Å². The Labute approximate surface area is 94.4 Å². The Balaban J connectivity index is 2.40. The molecular formula is C10H17N5O. The highest BCUT2D eigenvalue weighted by molar-refractivity contribution is 5.93. The number of nitrogens with one attached hydrogen (secondary N) is 2. The third-order valence-corrected chi connectivity index (χ3v) is 2.09. The third-order valence-electron chi connectivity index (χ3n) is 2.09. The minimum Gasteiger partial charge on any atom is -0.352 e. The van der Waals surface area contributed by atoms with Crippen molar-refractivity contribution in [2.75, 3.05) is 18.5 Å². The van der Waals surface area contributed by atoms with Gasteiger partial charge in [-0.15, -0.1) is 0 Å². The van der Waals surface area contributed by atoms with E-state index in [-0.39, 0.29) is 5.91 Å². The summed E-state index contributed by atoms with van der Waals surface area (Å²) in [7, 11) is 0. The fraction of sp³-hybridized carbons (Fsp3) is 0.400. The lowest BCUT2D eigenvalue weighted by Gasteiger charge is -2.05. The summed E-state index contributed by atoms with van der Waals surface area (Å²) in [5.74, 6) is 5.56. The second-order valence-corrected chi connectivity index (χ2v) is 3.33. The van der Waals surface area contributed by atoms with Crippen LogP contribution in [0.1, 0.15) is 23.2 Å². The average molecular weight is 223 g/mol. The molecule has 0 radical (unpaired) electrons. The maximum absolute atomic E-state index is 11.6. The number of hydrazine groups is 1. The van der Waals surface area contributed by atoms with Crippen molar-refractivity contribution in [2.45, 2.75) is 12.8 Å². The van der Waals surface area contributed by atoms with Crippen LogP contribution in [-0.4, -0.2) is 24.0 Å². The van der Waals surface area contributed by atoms with Gasteiger partial charge in [-0.25, -0.2) is 10.8 Å². The first-order valence-corrected chi connectivity index (χ1v) is 5.19. The van der Waals surface area contributed by atoms with E-state index in [9.17, 15) is 4.79 Å². The van der Waals surface area contributed by atoms with Crippen molar-refractivity contribution in [3.05, 3.63) is 23.9 Å². The number of carbonyl (C=O) groups excluding carboxylic acids is 1. The zero-order chi connectivity index (χ0) is 11.8. The van der Waals surface area contributed by atoms with Gasteiger partial charge in [0.05, 0.1) is 5.56 Å². The predicted molar refractivity (Wildman–Crippen MR) is 62.7 cm³/mol. The Morgan fingerprint density at radius 2 is 2.19 bits per heavy atom. The highest BCUT2D eigenvalue weighted by Crippen LogP contribution is 2.03. The van der Waals surface area contributed by atoms with Crippen molar-refractivity contribution in [2.24, 2.45) is 11.6 Å². The highest BCUT2D eigenvalue weighted by atomic mass is 16.1.